The number of amides is 1. The largest absolute Gasteiger partial charge is 0.342 e. The minimum absolute atomic E-state index is 0.289. The lowest BCUT2D eigenvalue weighted by molar-refractivity contribution is -0.134. The number of nitrogens with two attached hydrogens (primary N) is 1. The highest BCUT2D eigenvalue weighted by Crippen LogP contribution is 2.20. The fourth-order valence-electron chi connectivity index (χ4n) is 2.28. The normalized spacial score (nSPS) is 27.9. The van der Waals surface area contributed by atoms with Gasteiger partial charge >= 0.3 is 0 Å². The highest BCUT2D eigenvalue weighted by atomic mass is 16.2. The average molecular weight is 226 g/mol. The molecule has 94 valence electrons. The first-order valence-corrected chi connectivity index (χ1v) is 6.61. The van der Waals surface area contributed by atoms with E-state index >= 15 is 0 Å². The molecule has 3 unspecified atom stereocenters. The van der Waals surface area contributed by atoms with E-state index in [0.29, 0.717) is 24.2 Å². The lowest BCUT2D eigenvalue weighted by atomic mass is 9.90. The number of piperidine rings is 1. The first-order chi connectivity index (χ1) is 7.58. The van der Waals surface area contributed by atoms with Crippen molar-refractivity contribution in [1.29, 1.82) is 0 Å². The van der Waals surface area contributed by atoms with Crippen molar-refractivity contribution in [2.75, 3.05) is 13.1 Å². The summed E-state index contributed by atoms with van der Waals surface area (Å²) < 4.78 is 0. The SMILES string of the molecule is CCC(C)CC(=O)N1CCC(N)C(CC)C1. The molecule has 2 N–H and O–H groups in total. The van der Waals surface area contributed by atoms with Crippen molar-refractivity contribution in [3.63, 3.8) is 0 Å². The van der Waals surface area contributed by atoms with Gasteiger partial charge < -0.3 is 10.6 Å². The Morgan fingerprint density at radius 2 is 2.19 bits per heavy atom. The van der Waals surface area contributed by atoms with Crippen molar-refractivity contribution in [1.82, 2.24) is 4.90 Å². The zero-order chi connectivity index (χ0) is 12.1. The lowest BCUT2D eigenvalue weighted by Crippen LogP contribution is -2.49. The van der Waals surface area contributed by atoms with Crippen molar-refractivity contribution in [2.24, 2.45) is 17.6 Å². The van der Waals surface area contributed by atoms with Gasteiger partial charge in [-0.2, -0.15) is 0 Å². The molecule has 1 saturated heterocycles. The third-order valence-corrected chi connectivity index (χ3v) is 3.89. The summed E-state index contributed by atoms with van der Waals surface area (Å²) in [5, 5.41) is 0. The van der Waals surface area contributed by atoms with Gasteiger partial charge in [-0.05, 0) is 18.3 Å². The molecular weight excluding hydrogens is 200 g/mol. The van der Waals surface area contributed by atoms with Gasteiger partial charge in [-0.15, -0.1) is 0 Å². The van der Waals surface area contributed by atoms with Crippen molar-refractivity contribution < 1.29 is 4.79 Å². The summed E-state index contributed by atoms with van der Waals surface area (Å²) in [4.78, 5) is 14.0. The van der Waals surface area contributed by atoms with E-state index in [2.05, 4.69) is 20.8 Å². The van der Waals surface area contributed by atoms with Crippen LogP contribution in [-0.4, -0.2) is 29.9 Å². The molecular formula is C13H26N2O. The number of hydrogen-bond acceptors (Lipinski definition) is 2. The molecule has 0 saturated carbocycles. The van der Waals surface area contributed by atoms with Crippen LogP contribution in [0.1, 0.15) is 46.5 Å². The minimum Gasteiger partial charge on any atom is -0.342 e. The Morgan fingerprint density at radius 1 is 1.50 bits per heavy atom. The average Bonchev–Trinajstić information content (AvgIpc) is 2.29. The molecule has 0 spiro atoms. The molecule has 3 nitrogen and oxygen atoms in total. The molecule has 0 aromatic carbocycles. The Balaban J connectivity index is 2.45. The van der Waals surface area contributed by atoms with Gasteiger partial charge in [0.25, 0.3) is 0 Å². The smallest absolute Gasteiger partial charge is 0.222 e. The zero-order valence-electron chi connectivity index (χ0n) is 10.9. The molecule has 1 aliphatic heterocycles. The van der Waals surface area contributed by atoms with E-state index < -0.39 is 0 Å². The van der Waals surface area contributed by atoms with Crippen LogP contribution in [0.4, 0.5) is 0 Å². The van der Waals surface area contributed by atoms with Gasteiger partial charge in [0.1, 0.15) is 0 Å². The van der Waals surface area contributed by atoms with Crippen LogP contribution < -0.4 is 5.73 Å². The molecule has 1 heterocycles. The summed E-state index contributed by atoms with van der Waals surface area (Å²) in [6, 6.07) is 0.289. The van der Waals surface area contributed by atoms with E-state index in [0.717, 1.165) is 32.4 Å². The molecule has 1 fully saturated rings. The predicted molar refractivity (Wildman–Crippen MR) is 67.0 cm³/mol. The molecule has 3 atom stereocenters. The minimum atomic E-state index is 0.289. The molecule has 3 heteroatoms. The fourth-order valence-corrected chi connectivity index (χ4v) is 2.28. The van der Waals surface area contributed by atoms with E-state index in [1.165, 1.54) is 0 Å². The standard InChI is InChI=1S/C13H26N2O/c1-4-10(3)8-13(16)15-7-6-12(14)11(5-2)9-15/h10-12H,4-9,14H2,1-3H3. The predicted octanol–water partition coefficient (Wildman–Crippen LogP) is 2.01. The number of likely N-dealkylation sites (tertiary alicyclic amines) is 1. The third-order valence-electron chi connectivity index (χ3n) is 3.89. The maximum atomic E-state index is 12.0. The van der Waals surface area contributed by atoms with Crippen molar-refractivity contribution in [3.05, 3.63) is 0 Å². The van der Waals surface area contributed by atoms with Gasteiger partial charge in [-0.25, -0.2) is 0 Å². The molecule has 0 aromatic heterocycles. The number of nitrogens with zero attached hydrogens (tertiary/aromatic N) is 1. The van der Waals surface area contributed by atoms with Crippen LogP contribution in [0.3, 0.4) is 0 Å². The van der Waals surface area contributed by atoms with Crippen LogP contribution in [0.25, 0.3) is 0 Å². The van der Waals surface area contributed by atoms with E-state index in [1.54, 1.807) is 0 Å². The molecule has 0 radical (unpaired) electrons. The van der Waals surface area contributed by atoms with Crippen molar-refractivity contribution >= 4 is 5.91 Å². The first kappa shape index (κ1) is 13.5. The van der Waals surface area contributed by atoms with Gasteiger partial charge in [0.2, 0.25) is 5.91 Å². The second kappa shape index (κ2) is 6.24. The third kappa shape index (κ3) is 3.48. The summed E-state index contributed by atoms with van der Waals surface area (Å²) in [6.07, 6.45) is 3.82. The Hall–Kier alpha value is -0.570. The van der Waals surface area contributed by atoms with Crippen LogP contribution in [0, 0.1) is 11.8 Å². The Bertz CT molecular complexity index is 230. The van der Waals surface area contributed by atoms with Gasteiger partial charge in [-0.1, -0.05) is 33.6 Å². The van der Waals surface area contributed by atoms with Crippen LogP contribution >= 0.6 is 0 Å². The highest BCUT2D eigenvalue weighted by molar-refractivity contribution is 5.76. The second-order valence-corrected chi connectivity index (χ2v) is 5.18. The number of rotatable bonds is 4. The van der Waals surface area contributed by atoms with Gasteiger partial charge in [-0.3, -0.25) is 4.79 Å². The quantitative estimate of drug-likeness (QED) is 0.797. The van der Waals surface area contributed by atoms with Crippen molar-refractivity contribution in [3.8, 4) is 0 Å². The molecule has 0 aliphatic carbocycles. The number of hydrogen-bond donors (Lipinski definition) is 1. The monoisotopic (exact) mass is 226 g/mol. The van der Waals surface area contributed by atoms with Crippen LogP contribution in [0.2, 0.25) is 0 Å². The second-order valence-electron chi connectivity index (χ2n) is 5.18. The Morgan fingerprint density at radius 3 is 2.75 bits per heavy atom. The maximum absolute atomic E-state index is 12.0. The van der Waals surface area contributed by atoms with E-state index in [-0.39, 0.29) is 6.04 Å². The Labute approximate surface area is 99.4 Å². The first-order valence-electron chi connectivity index (χ1n) is 6.61. The van der Waals surface area contributed by atoms with Crippen molar-refractivity contribution in [2.45, 2.75) is 52.5 Å². The van der Waals surface area contributed by atoms with E-state index in [9.17, 15) is 4.79 Å². The molecule has 0 bridgehead atoms. The van der Waals surface area contributed by atoms with Gasteiger partial charge in [0, 0.05) is 25.6 Å². The number of carbonyl (C=O) groups excluding carboxylic acids is 1. The van der Waals surface area contributed by atoms with Gasteiger partial charge in [0.15, 0.2) is 0 Å². The zero-order valence-corrected chi connectivity index (χ0v) is 10.9. The molecule has 1 aliphatic rings. The lowest BCUT2D eigenvalue weighted by Gasteiger charge is -2.37. The fraction of sp³-hybridized carbons (Fsp3) is 0.923. The summed E-state index contributed by atoms with van der Waals surface area (Å²) in [5.74, 6) is 1.32. The molecule has 1 rings (SSSR count). The van der Waals surface area contributed by atoms with Crippen LogP contribution in [0.15, 0.2) is 0 Å². The molecule has 1 amide bonds. The van der Waals surface area contributed by atoms with E-state index in [1.807, 2.05) is 4.90 Å². The highest BCUT2D eigenvalue weighted by Gasteiger charge is 2.28. The van der Waals surface area contributed by atoms with Crippen LogP contribution in [0.5, 0.6) is 0 Å². The summed E-state index contributed by atoms with van der Waals surface area (Å²) >= 11 is 0. The topological polar surface area (TPSA) is 46.3 Å². The van der Waals surface area contributed by atoms with Gasteiger partial charge in [0.05, 0.1) is 0 Å². The maximum Gasteiger partial charge on any atom is 0.222 e. The molecule has 16 heavy (non-hydrogen) atoms. The summed E-state index contributed by atoms with van der Waals surface area (Å²) in [5.41, 5.74) is 6.04. The van der Waals surface area contributed by atoms with Crippen LogP contribution in [-0.2, 0) is 4.79 Å². The summed E-state index contributed by atoms with van der Waals surface area (Å²) in [7, 11) is 0. The summed E-state index contributed by atoms with van der Waals surface area (Å²) in [6.45, 7) is 8.16. The van der Waals surface area contributed by atoms with E-state index in [4.69, 9.17) is 5.73 Å². The molecule has 0 aromatic rings. The Kier molecular flexibility index (Phi) is 5.26. The number of carbonyl (C=O) groups is 1.